The van der Waals surface area contributed by atoms with E-state index in [1.165, 1.54) is 0 Å². The molecule has 0 spiro atoms. The Kier molecular flexibility index (Phi) is 3.45. The summed E-state index contributed by atoms with van der Waals surface area (Å²) < 4.78 is 0. The molecule has 0 aliphatic rings. The summed E-state index contributed by atoms with van der Waals surface area (Å²) >= 11 is 4.28. The maximum Gasteiger partial charge on any atom is 0.219 e. The van der Waals surface area contributed by atoms with E-state index < -0.39 is 0 Å². The summed E-state index contributed by atoms with van der Waals surface area (Å²) in [5, 5.41) is 0. The second kappa shape index (κ2) is 5.41. The molecule has 4 N–H and O–H groups in total. The molecule has 0 amide bonds. The molecule has 0 unspecified atom stereocenters. The lowest BCUT2D eigenvalue weighted by Crippen LogP contribution is -1.98. The Morgan fingerprint density at radius 1 is 0.762 bits per heavy atom. The van der Waals surface area contributed by atoms with Crippen LogP contribution < -0.4 is 11.5 Å². The summed E-state index contributed by atoms with van der Waals surface area (Å²) in [6, 6.07) is 9.80. The number of nitrogens with two attached hydrogens (primary N) is 2. The highest BCUT2D eigenvalue weighted by atomic mass is 32.1. The molecule has 0 saturated heterocycles. The van der Waals surface area contributed by atoms with E-state index in [4.69, 9.17) is 11.5 Å². The number of hydrogen-bond acceptors (Lipinski definition) is 6. The number of benzene rings is 1. The maximum absolute atomic E-state index is 5.95. The van der Waals surface area contributed by atoms with E-state index in [9.17, 15) is 0 Å². The molecule has 2 heterocycles. The molecule has 5 nitrogen and oxygen atoms in total. The number of aromatic nitrogens is 3. The number of pyridine rings is 1. The number of rotatable bonds is 2. The monoisotopic (exact) mass is 295 g/mol. The van der Waals surface area contributed by atoms with Crippen LogP contribution in [-0.2, 0) is 0 Å². The summed E-state index contributed by atoms with van der Waals surface area (Å²) in [6.45, 7) is 0. The van der Waals surface area contributed by atoms with Crippen molar-refractivity contribution in [2.45, 2.75) is 4.90 Å². The van der Waals surface area contributed by atoms with Gasteiger partial charge >= 0.3 is 0 Å². The number of hydrogen-bond donors (Lipinski definition) is 3. The van der Waals surface area contributed by atoms with Crippen LogP contribution in [0.5, 0.6) is 0 Å². The van der Waals surface area contributed by atoms with E-state index in [0.29, 0.717) is 5.82 Å². The highest BCUT2D eigenvalue weighted by Gasteiger charge is 2.08. The average molecular weight is 295 g/mol. The third-order valence-corrected chi connectivity index (χ3v) is 3.40. The Bertz CT molecular complexity index is 769. The molecule has 0 atom stereocenters. The number of thiol groups is 1. The highest BCUT2D eigenvalue weighted by Crippen LogP contribution is 2.29. The Labute approximate surface area is 127 Å². The van der Waals surface area contributed by atoms with Gasteiger partial charge in [-0.1, -0.05) is 12.1 Å². The highest BCUT2D eigenvalue weighted by molar-refractivity contribution is 7.80. The smallest absolute Gasteiger partial charge is 0.219 e. The van der Waals surface area contributed by atoms with Gasteiger partial charge in [-0.15, -0.1) is 12.6 Å². The van der Waals surface area contributed by atoms with Gasteiger partial charge in [0.05, 0.1) is 0 Å². The van der Waals surface area contributed by atoms with E-state index in [2.05, 4.69) is 27.6 Å². The van der Waals surface area contributed by atoms with Crippen LogP contribution in [-0.4, -0.2) is 15.0 Å². The molecular formula is C15H13N5S. The Balaban J connectivity index is 2.07. The van der Waals surface area contributed by atoms with Gasteiger partial charge < -0.3 is 11.5 Å². The Morgan fingerprint density at radius 3 is 2.05 bits per heavy atom. The van der Waals surface area contributed by atoms with Crippen LogP contribution in [0.2, 0.25) is 0 Å². The van der Waals surface area contributed by atoms with Gasteiger partial charge in [0.15, 0.2) is 0 Å². The van der Waals surface area contributed by atoms with Gasteiger partial charge in [-0.2, -0.15) is 0 Å². The fourth-order valence-electron chi connectivity index (χ4n) is 2.00. The standard InChI is InChI=1S/C15H13N5S/c16-14-13(11-7-19-15(17)20-8-11)5-10(6-18-14)9-1-3-12(21)4-2-9/h1-8,21H,(H2,16,18)(H2,17,19,20). The summed E-state index contributed by atoms with van der Waals surface area (Å²) in [6.07, 6.45) is 5.01. The number of nitrogens with zero attached hydrogens (tertiary/aromatic N) is 3. The minimum absolute atomic E-state index is 0.228. The molecule has 2 aromatic heterocycles. The number of anilines is 2. The van der Waals surface area contributed by atoms with Crippen molar-refractivity contribution in [3.63, 3.8) is 0 Å². The van der Waals surface area contributed by atoms with Crippen molar-refractivity contribution in [3.05, 3.63) is 48.9 Å². The fourth-order valence-corrected chi connectivity index (χ4v) is 2.14. The van der Waals surface area contributed by atoms with Crippen molar-refractivity contribution in [3.8, 4) is 22.3 Å². The van der Waals surface area contributed by atoms with Crippen molar-refractivity contribution in [2.75, 3.05) is 11.5 Å². The lowest BCUT2D eigenvalue weighted by Gasteiger charge is -2.08. The predicted octanol–water partition coefficient (Wildman–Crippen LogP) is 2.66. The van der Waals surface area contributed by atoms with E-state index in [1.807, 2.05) is 30.3 Å². The van der Waals surface area contributed by atoms with Crippen LogP contribution >= 0.6 is 12.6 Å². The predicted molar refractivity (Wildman–Crippen MR) is 86.8 cm³/mol. The SMILES string of the molecule is Nc1ncc(-c2cc(-c3ccc(S)cc3)cnc2N)cn1. The van der Waals surface area contributed by atoms with E-state index in [-0.39, 0.29) is 5.95 Å². The van der Waals surface area contributed by atoms with Crippen LogP contribution in [0.4, 0.5) is 11.8 Å². The molecule has 6 heteroatoms. The minimum Gasteiger partial charge on any atom is -0.383 e. The zero-order chi connectivity index (χ0) is 14.8. The first-order valence-electron chi connectivity index (χ1n) is 6.26. The zero-order valence-electron chi connectivity index (χ0n) is 11.1. The third-order valence-electron chi connectivity index (χ3n) is 3.10. The summed E-state index contributed by atoms with van der Waals surface area (Å²) in [5.41, 5.74) is 15.0. The maximum atomic E-state index is 5.95. The zero-order valence-corrected chi connectivity index (χ0v) is 12.0. The second-order valence-corrected chi connectivity index (χ2v) is 5.05. The van der Waals surface area contributed by atoms with Gasteiger partial charge in [-0.05, 0) is 23.8 Å². The van der Waals surface area contributed by atoms with E-state index in [1.54, 1.807) is 18.6 Å². The van der Waals surface area contributed by atoms with Crippen molar-refractivity contribution >= 4 is 24.4 Å². The van der Waals surface area contributed by atoms with Gasteiger partial charge in [-0.25, -0.2) is 15.0 Å². The lowest BCUT2D eigenvalue weighted by atomic mass is 10.0. The normalized spacial score (nSPS) is 10.5. The molecule has 0 aliphatic heterocycles. The van der Waals surface area contributed by atoms with Crippen LogP contribution in [0.3, 0.4) is 0 Å². The summed E-state index contributed by atoms with van der Waals surface area (Å²) in [4.78, 5) is 13.1. The van der Waals surface area contributed by atoms with Gasteiger partial charge in [0, 0.05) is 40.2 Å². The first kappa shape index (κ1) is 13.4. The number of nitrogen functional groups attached to an aromatic ring is 2. The molecule has 3 aromatic rings. The van der Waals surface area contributed by atoms with Crippen LogP contribution in [0.25, 0.3) is 22.3 Å². The molecular weight excluding hydrogens is 282 g/mol. The van der Waals surface area contributed by atoms with Gasteiger partial charge in [-0.3, -0.25) is 0 Å². The van der Waals surface area contributed by atoms with E-state index in [0.717, 1.165) is 27.1 Å². The quantitative estimate of drug-likeness (QED) is 0.632. The molecule has 0 bridgehead atoms. The topological polar surface area (TPSA) is 90.7 Å². The molecule has 0 fully saturated rings. The fraction of sp³-hybridized carbons (Fsp3) is 0. The third kappa shape index (κ3) is 2.80. The van der Waals surface area contributed by atoms with Gasteiger partial charge in [0.1, 0.15) is 5.82 Å². The molecule has 21 heavy (non-hydrogen) atoms. The van der Waals surface area contributed by atoms with E-state index >= 15 is 0 Å². The van der Waals surface area contributed by atoms with Crippen LogP contribution in [0.15, 0.2) is 53.8 Å². The minimum atomic E-state index is 0.228. The molecule has 104 valence electrons. The van der Waals surface area contributed by atoms with Crippen molar-refractivity contribution in [1.29, 1.82) is 0 Å². The second-order valence-electron chi connectivity index (χ2n) is 4.53. The Hall–Kier alpha value is -2.60. The molecule has 0 radical (unpaired) electrons. The molecule has 3 rings (SSSR count). The first-order chi connectivity index (χ1) is 10.1. The lowest BCUT2D eigenvalue weighted by molar-refractivity contribution is 1.18. The van der Waals surface area contributed by atoms with Crippen LogP contribution in [0, 0.1) is 0 Å². The molecule has 0 aliphatic carbocycles. The van der Waals surface area contributed by atoms with Crippen LogP contribution in [0.1, 0.15) is 0 Å². The molecule has 1 aromatic carbocycles. The average Bonchev–Trinajstić information content (AvgIpc) is 2.50. The molecule has 0 saturated carbocycles. The summed E-state index contributed by atoms with van der Waals surface area (Å²) in [7, 11) is 0. The van der Waals surface area contributed by atoms with Crippen molar-refractivity contribution in [1.82, 2.24) is 15.0 Å². The first-order valence-corrected chi connectivity index (χ1v) is 6.71. The largest absolute Gasteiger partial charge is 0.383 e. The Morgan fingerprint density at radius 2 is 1.38 bits per heavy atom. The summed E-state index contributed by atoms with van der Waals surface area (Å²) in [5.74, 6) is 0.656. The van der Waals surface area contributed by atoms with Crippen molar-refractivity contribution in [2.24, 2.45) is 0 Å². The van der Waals surface area contributed by atoms with Gasteiger partial charge in [0.2, 0.25) is 5.95 Å². The van der Waals surface area contributed by atoms with Gasteiger partial charge in [0.25, 0.3) is 0 Å². The van der Waals surface area contributed by atoms with Crippen molar-refractivity contribution < 1.29 is 0 Å².